The number of ketones is 1. The zero-order valence-electron chi connectivity index (χ0n) is 19.3. The Labute approximate surface area is 197 Å². The Morgan fingerprint density at radius 1 is 1.15 bits per heavy atom. The highest BCUT2D eigenvalue weighted by atomic mass is 16.4. The maximum atomic E-state index is 13.9. The summed E-state index contributed by atoms with van der Waals surface area (Å²) in [6, 6.07) is 11.9. The molecule has 7 nitrogen and oxygen atoms in total. The van der Waals surface area contributed by atoms with Crippen molar-refractivity contribution in [1.82, 2.24) is 9.88 Å². The largest absolute Gasteiger partial charge is 0.465 e. The maximum absolute atomic E-state index is 13.9. The summed E-state index contributed by atoms with van der Waals surface area (Å²) in [6.45, 7) is 6.53. The molecule has 3 aromatic rings. The first-order valence-electron chi connectivity index (χ1n) is 11.8. The molecule has 0 unspecified atom stereocenters. The van der Waals surface area contributed by atoms with Gasteiger partial charge in [0.1, 0.15) is 0 Å². The molecule has 1 saturated heterocycles. The fraction of sp³-hybridized carbons (Fsp3) is 0.370. The summed E-state index contributed by atoms with van der Waals surface area (Å²) >= 11 is 0. The van der Waals surface area contributed by atoms with Crippen molar-refractivity contribution < 1.29 is 14.7 Å². The third kappa shape index (κ3) is 2.95. The minimum absolute atomic E-state index is 0.0319. The Hall–Kier alpha value is -3.79. The Bertz CT molecular complexity index is 1420. The number of benzene rings is 2. The van der Waals surface area contributed by atoms with Crippen LogP contribution in [0.15, 0.2) is 30.3 Å². The molecular formula is C27H26N4O3. The lowest BCUT2D eigenvalue weighted by Gasteiger charge is -2.38. The van der Waals surface area contributed by atoms with E-state index in [2.05, 4.69) is 41.9 Å². The van der Waals surface area contributed by atoms with Crippen molar-refractivity contribution in [3.63, 3.8) is 0 Å². The highest BCUT2D eigenvalue weighted by Crippen LogP contribution is 2.50. The van der Waals surface area contributed by atoms with E-state index >= 15 is 0 Å². The van der Waals surface area contributed by atoms with E-state index in [0.717, 1.165) is 46.3 Å². The smallest absolute Gasteiger partial charge is 0.407 e. The molecule has 172 valence electrons. The number of aromatic amines is 1. The second-order valence-corrected chi connectivity index (χ2v) is 10.2. The number of hydrogen-bond acceptors (Lipinski definition) is 4. The molecule has 34 heavy (non-hydrogen) atoms. The van der Waals surface area contributed by atoms with Gasteiger partial charge >= 0.3 is 6.09 Å². The van der Waals surface area contributed by atoms with E-state index < -0.39 is 11.5 Å². The van der Waals surface area contributed by atoms with E-state index in [1.807, 2.05) is 12.1 Å². The van der Waals surface area contributed by atoms with Crippen LogP contribution in [0, 0.1) is 11.3 Å². The van der Waals surface area contributed by atoms with E-state index in [9.17, 15) is 20.0 Å². The number of nitriles is 1. The van der Waals surface area contributed by atoms with Gasteiger partial charge in [0.05, 0.1) is 17.2 Å². The van der Waals surface area contributed by atoms with Crippen molar-refractivity contribution in [3.05, 3.63) is 63.8 Å². The van der Waals surface area contributed by atoms with Crippen molar-refractivity contribution in [2.24, 2.45) is 0 Å². The number of hydrogen-bond donors (Lipinski definition) is 2. The summed E-state index contributed by atoms with van der Waals surface area (Å²) in [5, 5.41) is 19.5. The van der Waals surface area contributed by atoms with E-state index in [0.29, 0.717) is 43.2 Å². The molecule has 2 aromatic carbocycles. The summed E-state index contributed by atoms with van der Waals surface area (Å²) in [7, 11) is 0. The van der Waals surface area contributed by atoms with E-state index in [4.69, 9.17) is 0 Å². The van der Waals surface area contributed by atoms with Crippen LogP contribution in [0.3, 0.4) is 0 Å². The lowest BCUT2D eigenvalue weighted by atomic mass is 9.70. The maximum Gasteiger partial charge on any atom is 0.407 e. The third-order valence-corrected chi connectivity index (χ3v) is 7.77. The van der Waals surface area contributed by atoms with Gasteiger partial charge in [-0.1, -0.05) is 19.9 Å². The molecule has 1 saturated carbocycles. The molecule has 2 fully saturated rings. The highest BCUT2D eigenvalue weighted by Gasteiger charge is 2.42. The number of nitrogens with one attached hydrogen (secondary N) is 1. The Morgan fingerprint density at radius 2 is 1.88 bits per heavy atom. The predicted molar refractivity (Wildman–Crippen MR) is 129 cm³/mol. The molecule has 1 aromatic heterocycles. The van der Waals surface area contributed by atoms with Gasteiger partial charge in [0, 0.05) is 59.4 Å². The van der Waals surface area contributed by atoms with Gasteiger partial charge < -0.3 is 19.9 Å². The fourth-order valence-corrected chi connectivity index (χ4v) is 5.68. The number of nitrogens with zero attached hydrogens (tertiary/aromatic N) is 3. The first kappa shape index (κ1) is 20.8. The number of carbonyl (C=O) groups excluding carboxylic acids is 1. The molecule has 1 amide bonds. The van der Waals surface area contributed by atoms with Gasteiger partial charge in [-0.3, -0.25) is 4.79 Å². The average molecular weight is 455 g/mol. The van der Waals surface area contributed by atoms with E-state index in [1.165, 1.54) is 10.5 Å². The van der Waals surface area contributed by atoms with Gasteiger partial charge in [0.2, 0.25) is 0 Å². The molecule has 3 aliphatic rings. The molecule has 6 rings (SSSR count). The van der Waals surface area contributed by atoms with Crippen LogP contribution >= 0.6 is 0 Å². The number of piperazine rings is 1. The van der Waals surface area contributed by atoms with Gasteiger partial charge in [0.25, 0.3) is 0 Å². The number of fused-ring (bicyclic) bond motifs is 4. The molecule has 1 aliphatic heterocycles. The quantitative estimate of drug-likeness (QED) is 0.590. The number of carbonyl (C=O) groups is 2. The monoisotopic (exact) mass is 454 g/mol. The molecule has 0 atom stereocenters. The molecule has 0 bridgehead atoms. The first-order valence-corrected chi connectivity index (χ1v) is 11.8. The van der Waals surface area contributed by atoms with Gasteiger partial charge in [-0.25, -0.2) is 4.79 Å². The summed E-state index contributed by atoms with van der Waals surface area (Å²) in [5.74, 6) is 0.487. The number of carboxylic acid groups (broad SMARTS) is 1. The Balaban J connectivity index is 1.49. The topological polar surface area (TPSA) is 100 Å². The number of amides is 1. The zero-order chi connectivity index (χ0) is 23.8. The SMILES string of the molecule is CC1(C)c2cc(N3CCN(C(=O)O)CC3)c(C3CC3)cc2C(=O)c2c1[nH]c1cc(C#N)ccc21. The second kappa shape index (κ2) is 7.10. The number of rotatable bonds is 2. The van der Waals surface area contributed by atoms with Crippen LogP contribution < -0.4 is 4.90 Å². The fourth-order valence-electron chi connectivity index (χ4n) is 5.68. The van der Waals surface area contributed by atoms with Crippen molar-refractivity contribution in [2.45, 2.75) is 38.0 Å². The lowest BCUT2D eigenvalue weighted by molar-refractivity contribution is 0.103. The predicted octanol–water partition coefficient (Wildman–Crippen LogP) is 4.59. The molecule has 2 aliphatic carbocycles. The van der Waals surface area contributed by atoms with Crippen molar-refractivity contribution in [1.29, 1.82) is 5.26 Å². The van der Waals surface area contributed by atoms with Gasteiger partial charge in [-0.05, 0) is 54.2 Å². The van der Waals surface area contributed by atoms with Crippen LogP contribution in [-0.2, 0) is 5.41 Å². The minimum Gasteiger partial charge on any atom is -0.465 e. The standard InChI is InChI=1S/C27H26N4O3/c1-27(2)20-13-22(30-7-9-31(10-8-30)26(33)34)18(16-4-5-16)12-19(20)24(32)23-17-6-3-15(14-28)11-21(17)29-25(23)27/h3,6,11-13,16,29H,4-5,7-10H2,1-2H3,(H,33,34). The summed E-state index contributed by atoms with van der Waals surface area (Å²) in [4.78, 5) is 32.4. The average Bonchev–Trinajstić information content (AvgIpc) is 3.61. The van der Waals surface area contributed by atoms with Gasteiger partial charge in [0.15, 0.2) is 5.78 Å². The van der Waals surface area contributed by atoms with Crippen LogP contribution in [-0.4, -0.2) is 53.0 Å². The summed E-state index contributed by atoms with van der Waals surface area (Å²) in [5.41, 5.74) is 6.65. The highest BCUT2D eigenvalue weighted by molar-refractivity contribution is 6.20. The van der Waals surface area contributed by atoms with E-state index in [-0.39, 0.29) is 5.78 Å². The van der Waals surface area contributed by atoms with Crippen LogP contribution in [0.2, 0.25) is 0 Å². The zero-order valence-corrected chi connectivity index (χ0v) is 19.3. The number of anilines is 1. The van der Waals surface area contributed by atoms with Crippen LogP contribution in [0.25, 0.3) is 10.9 Å². The molecule has 2 N–H and O–H groups in total. The number of aromatic nitrogens is 1. The summed E-state index contributed by atoms with van der Waals surface area (Å²) < 4.78 is 0. The normalized spacial score (nSPS) is 19.0. The molecule has 0 spiro atoms. The van der Waals surface area contributed by atoms with Crippen molar-refractivity contribution in [3.8, 4) is 6.07 Å². The van der Waals surface area contributed by atoms with Crippen molar-refractivity contribution in [2.75, 3.05) is 31.1 Å². The number of H-pyrrole nitrogens is 1. The molecule has 2 heterocycles. The van der Waals surface area contributed by atoms with E-state index in [1.54, 1.807) is 6.07 Å². The minimum atomic E-state index is -0.870. The third-order valence-electron chi connectivity index (χ3n) is 7.77. The second-order valence-electron chi connectivity index (χ2n) is 10.2. The summed E-state index contributed by atoms with van der Waals surface area (Å²) in [6.07, 6.45) is 1.37. The Morgan fingerprint density at radius 3 is 2.53 bits per heavy atom. The van der Waals surface area contributed by atoms with Crippen LogP contribution in [0.5, 0.6) is 0 Å². The van der Waals surface area contributed by atoms with Crippen molar-refractivity contribution >= 4 is 28.5 Å². The van der Waals surface area contributed by atoms with Gasteiger partial charge in [-0.15, -0.1) is 0 Å². The first-order chi connectivity index (χ1) is 16.3. The lowest BCUT2D eigenvalue weighted by Crippen LogP contribution is -2.48. The molecule has 7 heteroatoms. The molecule has 0 radical (unpaired) electrons. The van der Waals surface area contributed by atoms with Crippen LogP contribution in [0.4, 0.5) is 10.5 Å². The Kier molecular flexibility index (Phi) is 4.34. The molecular weight excluding hydrogens is 428 g/mol. The van der Waals surface area contributed by atoms with Gasteiger partial charge in [-0.2, -0.15) is 5.26 Å². The van der Waals surface area contributed by atoms with Crippen LogP contribution in [0.1, 0.15) is 70.9 Å².